The molecule has 0 aliphatic heterocycles. The summed E-state index contributed by atoms with van der Waals surface area (Å²) in [4.78, 5) is 65.0. The molecule has 1 atom stereocenters. The number of carbonyl (C=O) groups is 4. The van der Waals surface area contributed by atoms with Crippen LogP contribution in [0.2, 0.25) is 0 Å². The van der Waals surface area contributed by atoms with Crippen molar-refractivity contribution in [2.45, 2.75) is 85.7 Å². The number of rotatable bonds is 11. The predicted molar refractivity (Wildman–Crippen MR) is 142 cm³/mol. The molecule has 0 saturated carbocycles. The molecule has 0 aliphatic carbocycles. The molecule has 0 fully saturated rings. The first kappa shape index (κ1) is 31.8. The van der Waals surface area contributed by atoms with Crippen molar-refractivity contribution in [2.75, 3.05) is 11.7 Å². The van der Waals surface area contributed by atoms with Crippen molar-refractivity contribution in [3.05, 3.63) is 18.3 Å². The van der Waals surface area contributed by atoms with E-state index in [2.05, 4.69) is 25.3 Å². The number of amides is 1. The van der Waals surface area contributed by atoms with E-state index in [1.807, 2.05) is 0 Å². The number of thioether (sulfide) groups is 1. The maximum atomic E-state index is 12.7. The normalized spacial score (nSPS) is 12.9. The standard InChI is InChI=1S/C25H37N5O8S/c1-23(2,3)37-20(32)15(30-22(34)38-24(4,5)6)9-17(31)36-14-39-11-25(7,8)21(33)35-10-16-18-19(28-12-26-16)29-13-27-18/h12-13,15H,9-11,14H2,1-8H3,(H,30,34)(H,26,27,28,29)/t15-/m1/s1. The number of aromatic nitrogens is 4. The molecule has 0 aliphatic rings. The minimum absolute atomic E-state index is 0.0557. The topological polar surface area (TPSA) is 172 Å². The summed E-state index contributed by atoms with van der Waals surface area (Å²) >= 11 is 1.20. The number of alkyl carbamates (subject to hydrolysis) is 1. The molecule has 39 heavy (non-hydrogen) atoms. The van der Waals surface area contributed by atoms with Gasteiger partial charge in [0.1, 0.15) is 47.3 Å². The molecule has 0 bridgehead atoms. The molecule has 216 valence electrons. The minimum atomic E-state index is -1.30. The van der Waals surface area contributed by atoms with E-state index in [-0.39, 0.29) is 18.3 Å². The summed E-state index contributed by atoms with van der Waals surface area (Å²) in [5.41, 5.74) is -0.953. The number of H-pyrrole nitrogens is 1. The summed E-state index contributed by atoms with van der Waals surface area (Å²) < 4.78 is 21.2. The Bertz CT molecular complexity index is 1170. The Labute approximate surface area is 231 Å². The van der Waals surface area contributed by atoms with Gasteiger partial charge < -0.3 is 29.2 Å². The highest BCUT2D eigenvalue weighted by atomic mass is 32.2. The second-order valence-corrected chi connectivity index (χ2v) is 12.2. The van der Waals surface area contributed by atoms with E-state index in [1.165, 1.54) is 24.4 Å². The van der Waals surface area contributed by atoms with E-state index >= 15 is 0 Å². The third-order valence-corrected chi connectivity index (χ3v) is 5.92. The molecule has 13 nitrogen and oxygen atoms in total. The van der Waals surface area contributed by atoms with Crippen LogP contribution in [0.25, 0.3) is 11.2 Å². The summed E-state index contributed by atoms with van der Waals surface area (Å²) in [6.07, 6.45) is 1.51. The van der Waals surface area contributed by atoms with Crippen LogP contribution in [0.3, 0.4) is 0 Å². The van der Waals surface area contributed by atoms with Crippen LogP contribution in [0.15, 0.2) is 12.7 Å². The molecular formula is C25H37N5O8S. The molecule has 0 unspecified atom stereocenters. The summed E-state index contributed by atoms with van der Waals surface area (Å²) in [5.74, 6) is -1.78. The molecule has 0 radical (unpaired) electrons. The third-order valence-electron chi connectivity index (χ3n) is 4.71. The van der Waals surface area contributed by atoms with Crippen LogP contribution in [0.1, 0.15) is 67.5 Å². The summed E-state index contributed by atoms with van der Waals surface area (Å²) in [5, 5.41) is 2.37. The molecular weight excluding hydrogens is 530 g/mol. The van der Waals surface area contributed by atoms with Gasteiger partial charge in [0.2, 0.25) is 0 Å². The third kappa shape index (κ3) is 11.1. The van der Waals surface area contributed by atoms with Crippen LogP contribution in [-0.2, 0) is 39.9 Å². The fraction of sp³-hybridized carbons (Fsp3) is 0.640. The zero-order valence-corrected chi connectivity index (χ0v) is 24.4. The highest BCUT2D eigenvalue weighted by molar-refractivity contribution is 7.99. The van der Waals surface area contributed by atoms with Crippen LogP contribution >= 0.6 is 11.8 Å². The molecule has 14 heteroatoms. The van der Waals surface area contributed by atoms with Gasteiger partial charge in [-0.25, -0.2) is 24.5 Å². The number of hydrogen-bond acceptors (Lipinski definition) is 12. The Morgan fingerprint density at radius 1 is 0.949 bits per heavy atom. The maximum absolute atomic E-state index is 12.7. The van der Waals surface area contributed by atoms with E-state index < -0.39 is 53.1 Å². The van der Waals surface area contributed by atoms with Crippen LogP contribution in [0.5, 0.6) is 0 Å². The van der Waals surface area contributed by atoms with Crippen molar-refractivity contribution in [1.82, 2.24) is 25.3 Å². The fourth-order valence-corrected chi connectivity index (χ4v) is 3.88. The second-order valence-electron chi connectivity index (χ2n) is 11.3. The Kier molecular flexibility index (Phi) is 10.7. The smallest absolute Gasteiger partial charge is 0.408 e. The van der Waals surface area contributed by atoms with Gasteiger partial charge in [-0.3, -0.25) is 9.59 Å². The highest BCUT2D eigenvalue weighted by Gasteiger charge is 2.32. The van der Waals surface area contributed by atoms with E-state index in [0.717, 1.165) is 0 Å². The lowest BCUT2D eigenvalue weighted by atomic mass is 9.97. The van der Waals surface area contributed by atoms with Crippen LogP contribution in [0.4, 0.5) is 4.79 Å². The minimum Gasteiger partial charge on any atom is -0.459 e. The summed E-state index contributed by atoms with van der Waals surface area (Å²) in [6, 6.07) is -1.30. The Balaban J connectivity index is 1.84. The molecule has 0 saturated heterocycles. The number of ether oxygens (including phenoxy) is 4. The van der Waals surface area contributed by atoms with E-state index in [0.29, 0.717) is 16.9 Å². The van der Waals surface area contributed by atoms with Crippen molar-refractivity contribution in [2.24, 2.45) is 5.41 Å². The van der Waals surface area contributed by atoms with Crippen LogP contribution < -0.4 is 5.32 Å². The molecule has 2 aromatic rings. The van der Waals surface area contributed by atoms with Gasteiger partial charge in [-0.2, -0.15) is 0 Å². The average molecular weight is 568 g/mol. The predicted octanol–water partition coefficient (Wildman–Crippen LogP) is 3.28. The molecule has 2 rings (SSSR count). The van der Waals surface area contributed by atoms with Gasteiger partial charge in [-0.05, 0) is 55.4 Å². The largest absolute Gasteiger partial charge is 0.459 e. The van der Waals surface area contributed by atoms with Gasteiger partial charge in [0.25, 0.3) is 0 Å². The number of nitrogens with one attached hydrogen (secondary N) is 2. The van der Waals surface area contributed by atoms with Crippen molar-refractivity contribution >= 4 is 46.9 Å². The number of hydrogen-bond donors (Lipinski definition) is 2. The zero-order valence-electron chi connectivity index (χ0n) is 23.6. The quantitative estimate of drug-likeness (QED) is 0.176. The van der Waals surface area contributed by atoms with Gasteiger partial charge in [-0.1, -0.05) is 0 Å². The molecule has 0 aromatic carbocycles. The lowest BCUT2D eigenvalue weighted by Gasteiger charge is -2.26. The Morgan fingerprint density at radius 2 is 1.62 bits per heavy atom. The molecule has 2 heterocycles. The molecule has 0 spiro atoms. The van der Waals surface area contributed by atoms with E-state index in [4.69, 9.17) is 18.9 Å². The highest BCUT2D eigenvalue weighted by Crippen LogP contribution is 2.25. The van der Waals surface area contributed by atoms with Crippen molar-refractivity contribution < 1.29 is 38.1 Å². The number of nitrogens with zero attached hydrogens (tertiary/aromatic N) is 3. The molecule has 1 amide bonds. The Morgan fingerprint density at radius 3 is 2.26 bits per heavy atom. The first-order chi connectivity index (χ1) is 18.0. The first-order valence-electron chi connectivity index (χ1n) is 12.2. The SMILES string of the molecule is CC(C)(C)OC(=O)N[C@H](CC(=O)OCSCC(C)(C)C(=O)OCc1ncnc2nc[nH]c12)C(=O)OC(C)(C)C. The zero-order chi connectivity index (χ0) is 29.4. The molecule has 2 N–H and O–H groups in total. The van der Waals surface area contributed by atoms with E-state index in [9.17, 15) is 19.2 Å². The van der Waals surface area contributed by atoms with Crippen molar-refractivity contribution in [3.63, 3.8) is 0 Å². The van der Waals surface area contributed by atoms with Crippen LogP contribution in [-0.4, -0.2) is 72.9 Å². The molecule has 2 aromatic heterocycles. The maximum Gasteiger partial charge on any atom is 0.408 e. The van der Waals surface area contributed by atoms with E-state index in [1.54, 1.807) is 55.4 Å². The number of imidazole rings is 1. The average Bonchev–Trinajstić information content (AvgIpc) is 3.27. The van der Waals surface area contributed by atoms with Gasteiger partial charge in [-0.15, -0.1) is 11.8 Å². The van der Waals surface area contributed by atoms with Crippen molar-refractivity contribution in [1.29, 1.82) is 0 Å². The van der Waals surface area contributed by atoms with Crippen LogP contribution in [0, 0.1) is 5.41 Å². The second kappa shape index (κ2) is 13.1. The van der Waals surface area contributed by atoms with Gasteiger partial charge >= 0.3 is 24.0 Å². The lowest BCUT2D eigenvalue weighted by Crippen LogP contribution is -2.47. The fourth-order valence-electron chi connectivity index (χ4n) is 2.96. The van der Waals surface area contributed by atoms with Gasteiger partial charge in [0, 0.05) is 5.75 Å². The lowest BCUT2D eigenvalue weighted by molar-refractivity contribution is -0.160. The van der Waals surface area contributed by atoms with Crippen molar-refractivity contribution in [3.8, 4) is 0 Å². The summed E-state index contributed by atoms with van der Waals surface area (Å²) in [6.45, 7) is 13.4. The number of esters is 3. The number of carbonyl (C=O) groups excluding carboxylic acids is 4. The monoisotopic (exact) mass is 567 g/mol. The van der Waals surface area contributed by atoms with Gasteiger partial charge in [0.15, 0.2) is 5.65 Å². The number of aromatic amines is 1. The summed E-state index contributed by atoms with van der Waals surface area (Å²) in [7, 11) is 0. The Hall–Kier alpha value is -3.42. The van der Waals surface area contributed by atoms with Gasteiger partial charge in [0.05, 0.1) is 18.2 Å². The first-order valence-corrected chi connectivity index (χ1v) is 13.4. The number of fused-ring (bicyclic) bond motifs is 1.